The van der Waals surface area contributed by atoms with Crippen LogP contribution in [-0.2, 0) is 9.59 Å². The van der Waals surface area contributed by atoms with Crippen LogP contribution in [0.2, 0.25) is 0 Å². The predicted octanol–water partition coefficient (Wildman–Crippen LogP) is 1.90. The Morgan fingerprint density at radius 1 is 1.36 bits per heavy atom. The van der Waals surface area contributed by atoms with Crippen LogP contribution in [-0.4, -0.2) is 27.0 Å². The summed E-state index contributed by atoms with van der Waals surface area (Å²) in [6.45, 7) is 0. The van der Waals surface area contributed by atoms with E-state index in [1.165, 1.54) is 6.08 Å². The van der Waals surface area contributed by atoms with Crippen LogP contribution in [0.1, 0.15) is 6.42 Å². The molecular formula is C8H6Br2O4. The summed E-state index contributed by atoms with van der Waals surface area (Å²) in [6.07, 6.45) is 1.47. The Morgan fingerprint density at radius 2 is 1.93 bits per heavy atom. The number of carbonyl (C=O) groups is 2. The standard InChI is InChI=1S/C8H6Br2O4/c9-5-1-3(7(11)12)6(10)2-4(5)8(13)14/h1,6H,2H2,(H,11,12)(H,13,14). The molecule has 0 aromatic carbocycles. The number of hydrogen-bond acceptors (Lipinski definition) is 2. The quantitative estimate of drug-likeness (QED) is 0.760. The Morgan fingerprint density at radius 3 is 2.36 bits per heavy atom. The summed E-state index contributed by atoms with van der Waals surface area (Å²) in [4.78, 5) is 20.9. The molecule has 0 bridgehead atoms. The number of allylic oxidation sites excluding steroid dienone is 2. The van der Waals surface area contributed by atoms with Crippen molar-refractivity contribution in [2.24, 2.45) is 0 Å². The number of alkyl halides is 1. The fourth-order valence-corrected chi connectivity index (χ4v) is 2.32. The minimum Gasteiger partial charge on any atom is -0.478 e. The van der Waals surface area contributed by atoms with Crippen molar-refractivity contribution in [2.75, 3.05) is 0 Å². The van der Waals surface area contributed by atoms with E-state index in [9.17, 15) is 9.59 Å². The predicted molar refractivity (Wildman–Crippen MR) is 56.6 cm³/mol. The average Bonchev–Trinajstić information content (AvgIpc) is 2.07. The number of carboxylic acids is 2. The molecule has 1 atom stereocenters. The molecule has 0 heterocycles. The molecule has 0 aliphatic heterocycles. The largest absolute Gasteiger partial charge is 0.478 e. The smallest absolute Gasteiger partial charge is 0.332 e. The molecule has 0 saturated heterocycles. The van der Waals surface area contributed by atoms with Gasteiger partial charge in [-0.15, -0.1) is 0 Å². The molecule has 1 unspecified atom stereocenters. The van der Waals surface area contributed by atoms with Crippen molar-refractivity contribution in [3.05, 3.63) is 21.7 Å². The summed E-state index contributed by atoms with van der Waals surface area (Å²) >= 11 is 6.15. The molecular weight excluding hydrogens is 320 g/mol. The number of halogens is 2. The second-order valence-electron chi connectivity index (χ2n) is 2.71. The maximum absolute atomic E-state index is 10.7. The van der Waals surface area contributed by atoms with Crippen LogP contribution < -0.4 is 0 Å². The van der Waals surface area contributed by atoms with Gasteiger partial charge in [0.05, 0.1) is 16.0 Å². The maximum Gasteiger partial charge on any atom is 0.332 e. The van der Waals surface area contributed by atoms with Gasteiger partial charge in [-0.05, 0) is 12.5 Å². The first-order valence-corrected chi connectivity index (χ1v) is 5.35. The topological polar surface area (TPSA) is 74.6 Å². The number of rotatable bonds is 2. The zero-order valence-electron chi connectivity index (χ0n) is 6.83. The third-order valence-corrected chi connectivity index (χ3v) is 3.32. The van der Waals surface area contributed by atoms with Gasteiger partial charge in [-0.1, -0.05) is 31.9 Å². The van der Waals surface area contributed by atoms with Crippen LogP contribution in [0.4, 0.5) is 0 Å². The van der Waals surface area contributed by atoms with Gasteiger partial charge in [-0.3, -0.25) is 0 Å². The van der Waals surface area contributed by atoms with Crippen LogP contribution in [0.5, 0.6) is 0 Å². The monoisotopic (exact) mass is 324 g/mol. The van der Waals surface area contributed by atoms with Crippen LogP contribution in [0, 0.1) is 0 Å². The molecule has 0 radical (unpaired) electrons. The van der Waals surface area contributed by atoms with Crippen molar-refractivity contribution in [3.8, 4) is 0 Å². The molecule has 0 spiro atoms. The fraction of sp³-hybridized carbons (Fsp3) is 0.250. The lowest BCUT2D eigenvalue weighted by Gasteiger charge is -2.17. The highest BCUT2D eigenvalue weighted by Crippen LogP contribution is 2.32. The van der Waals surface area contributed by atoms with Crippen molar-refractivity contribution in [1.82, 2.24) is 0 Å². The van der Waals surface area contributed by atoms with Crippen LogP contribution in [0.3, 0.4) is 0 Å². The number of carboxylic acid groups (broad SMARTS) is 2. The number of aliphatic carboxylic acids is 2. The Kier molecular flexibility index (Phi) is 3.49. The van der Waals surface area contributed by atoms with E-state index >= 15 is 0 Å². The van der Waals surface area contributed by atoms with Crippen molar-refractivity contribution < 1.29 is 19.8 Å². The van der Waals surface area contributed by atoms with Crippen LogP contribution in [0.25, 0.3) is 0 Å². The zero-order chi connectivity index (χ0) is 10.9. The van der Waals surface area contributed by atoms with Gasteiger partial charge in [-0.25, -0.2) is 9.59 Å². The minimum atomic E-state index is -1.05. The second kappa shape index (κ2) is 4.27. The van der Waals surface area contributed by atoms with Gasteiger partial charge in [0.2, 0.25) is 0 Å². The fourth-order valence-electron chi connectivity index (χ4n) is 1.09. The highest BCUT2D eigenvalue weighted by molar-refractivity contribution is 9.12. The Labute approximate surface area is 96.6 Å². The molecule has 0 saturated carbocycles. The molecule has 0 fully saturated rings. The molecule has 1 aliphatic rings. The first kappa shape index (κ1) is 11.5. The summed E-state index contributed by atoms with van der Waals surface area (Å²) in [5, 5.41) is 17.5. The molecule has 1 aliphatic carbocycles. The lowest BCUT2D eigenvalue weighted by molar-refractivity contribution is -0.134. The molecule has 76 valence electrons. The average molecular weight is 326 g/mol. The highest BCUT2D eigenvalue weighted by Gasteiger charge is 2.27. The van der Waals surface area contributed by atoms with Gasteiger partial charge in [-0.2, -0.15) is 0 Å². The van der Waals surface area contributed by atoms with Gasteiger partial charge in [0.1, 0.15) is 0 Å². The van der Waals surface area contributed by atoms with Gasteiger partial charge in [0.25, 0.3) is 0 Å². The van der Waals surface area contributed by atoms with E-state index in [1.807, 2.05) is 0 Å². The molecule has 1 rings (SSSR count). The van der Waals surface area contributed by atoms with E-state index in [1.54, 1.807) is 0 Å². The Balaban J connectivity index is 3.12. The minimum absolute atomic E-state index is 0.155. The summed E-state index contributed by atoms with van der Waals surface area (Å²) in [7, 11) is 0. The van der Waals surface area contributed by atoms with Crippen molar-refractivity contribution >= 4 is 43.8 Å². The SMILES string of the molecule is O=C(O)C1=CC(Br)=C(C(=O)O)CC1Br. The molecule has 14 heavy (non-hydrogen) atoms. The van der Waals surface area contributed by atoms with Gasteiger partial charge in [0.15, 0.2) is 0 Å². The second-order valence-corrected chi connectivity index (χ2v) is 4.67. The summed E-state index contributed by atoms with van der Waals surface area (Å²) in [5.41, 5.74) is 0.332. The summed E-state index contributed by atoms with van der Waals surface area (Å²) in [5.74, 6) is -2.09. The third-order valence-electron chi connectivity index (χ3n) is 1.80. The maximum atomic E-state index is 10.7. The van der Waals surface area contributed by atoms with Crippen LogP contribution in [0.15, 0.2) is 21.7 Å². The van der Waals surface area contributed by atoms with E-state index in [-0.39, 0.29) is 17.6 Å². The first-order chi connectivity index (χ1) is 6.43. The van der Waals surface area contributed by atoms with Gasteiger partial charge in [0, 0.05) is 4.48 Å². The van der Waals surface area contributed by atoms with E-state index in [0.29, 0.717) is 4.48 Å². The van der Waals surface area contributed by atoms with E-state index in [0.717, 1.165) is 0 Å². The molecule has 6 heteroatoms. The van der Waals surface area contributed by atoms with E-state index < -0.39 is 16.8 Å². The van der Waals surface area contributed by atoms with E-state index in [4.69, 9.17) is 10.2 Å². The van der Waals surface area contributed by atoms with E-state index in [2.05, 4.69) is 31.9 Å². The van der Waals surface area contributed by atoms with Crippen molar-refractivity contribution in [3.63, 3.8) is 0 Å². The Hall–Kier alpha value is -0.620. The van der Waals surface area contributed by atoms with Crippen molar-refractivity contribution in [1.29, 1.82) is 0 Å². The number of hydrogen-bond donors (Lipinski definition) is 2. The van der Waals surface area contributed by atoms with Gasteiger partial charge >= 0.3 is 11.9 Å². The zero-order valence-corrected chi connectivity index (χ0v) is 10.0. The summed E-state index contributed by atoms with van der Waals surface area (Å²) in [6, 6.07) is 0. The Bertz CT molecular complexity index is 356. The normalized spacial score (nSPS) is 21.9. The van der Waals surface area contributed by atoms with Crippen LogP contribution >= 0.6 is 31.9 Å². The molecule has 0 aromatic rings. The highest BCUT2D eigenvalue weighted by atomic mass is 79.9. The molecule has 0 amide bonds. The molecule has 0 aromatic heterocycles. The molecule has 4 nitrogen and oxygen atoms in total. The molecule has 2 N–H and O–H groups in total. The summed E-state index contributed by atoms with van der Waals surface area (Å²) < 4.78 is 0.318. The van der Waals surface area contributed by atoms with Gasteiger partial charge < -0.3 is 10.2 Å². The third kappa shape index (κ3) is 2.24. The van der Waals surface area contributed by atoms with Crippen molar-refractivity contribution in [2.45, 2.75) is 11.2 Å². The lowest BCUT2D eigenvalue weighted by Crippen LogP contribution is -2.19. The first-order valence-electron chi connectivity index (χ1n) is 3.64. The lowest BCUT2D eigenvalue weighted by atomic mass is 9.98.